The first-order chi connectivity index (χ1) is 12.3. The largest absolute Gasteiger partial charge is 0.337 e. The van der Waals surface area contributed by atoms with Gasteiger partial charge in [0.2, 0.25) is 5.91 Å². The summed E-state index contributed by atoms with van der Waals surface area (Å²) in [7, 11) is 0. The Labute approximate surface area is 151 Å². The van der Waals surface area contributed by atoms with Crippen LogP contribution in [0.15, 0.2) is 12.1 Å². The minimum Gasteiger partial charge on any atom is -0.337 e. The zero-order valence-electron chi connectivity index (χ0n) is 15.0. The van der Waals surface area contributed by atoms with E-state index in [0.29, 0.717) is 25.2 Å². The number of hydrogen-bond acceptors (Lipinski definition) is 2. The molecule has 0 aliphatic carbocycles. The number of fused-ring (bicyclic) bond motifs is 1. The maximum absolute atomic E-state index is 13.9. The number of likely N-dealkylation sites (tertiary alicyclic amines) is 2. The third-order valence-corrected chi connectivity index (χ3v) is 5.48. The number of halogens is 3. The minimum atomic E-state index is -1.20. The van der Waals surface area contributed by atoms with E-state index in [0.717, 1.165) is 19.3 Å². The van der Waals surface area contributed by atoms with Crippen LogP contribution in [0.25, 0.3) is 0 Å². The van der Waals surface area contributed by atoms with Crippen LogP contribution in [0.1, 0.15) is 43.5 Å². The lowest BCUT2D eigenvalue weighted by Crippen LogP contribution is -2.43. The molecule has 0 N–H and O–H groups in total. The van der Waals surface area contributed by atoms with Crippen LogP contribution in [0.4, 0.5) is 13.2 Å². The van der Waals surface area contributed by atoms with E-state index in [2.05, 4.69) is 0 Å². The van der Waals surface area contributed by atoms with Crippen molar-refractivity contribution >= 4 is 11.8 Å². The molecule has 2 saturated heterocycles. The van der Waals surface area contributed by atoms with Crippen LogP contribution in [0.5, 0.6) is 0 Å². The average molecular weight is 368 g/mol. The SMILES string of the molecule is CCCC(C)C(=O)N1CC[C@@H]2CN(C(=O)c3c(F)cc(F)cc3F)C[C@@H]21. The number of rotatable bonds is 4. The van der Waals surface area contributed by atoms with Crippen molar-refractivity contribution in [3.63, 3.8) is 0 Å². The highest BCUT2D eigenvalue weighted by atomic mass is 19.1. The maximum atomic E-state index is 13.9. The summed E-state index contributed by atoms with van der Waals surface area (Å²) < 4.78 is 40.9. The van der Waals surface area contributed by atoms with Gasteiger partial charge in [0, 0.05) is 43.6 Å². The van der Waals surface area contributed by atoms with Gasteiger partial charge in [-0.3, -0.25) is 9.59 Å². The van der Waals surface area contributed by atoms with Crippen LogP contribution in [-0.2, 0) is 4.79 Å². The summed E-state index contributed by atoms with van der Waals surface area (Å²) >= 11 is 0. The van der Waals surface area contributed by atoms with E-state index in [9.17, 15) is 22.8 Å². The maximum Gasteiger partial charge on any atom is 0.259 e. The third kappa shape index (κ3) is 3.31. The molecule has 2 heterocycles. The van der Waals surface area contributed by atoms with Crippen molar-refractivity contribution in [3.05, 3.63) is 35.1 Å². The van der Waals surface area contributed by atoms with Gasteiger partial charge in [-0.05, 0) is 12.8 Å². The van der Waals surface area contributed by atoms with Crippen molar-refractivity contribution in [2.45, 2.75) is 39.2 Å². The standard InChI is InChI=1S/C19H23F3N2O2/c1-3-4-11(2)18(25)24-6-5-12-9-23(10-16(12)24)19(26)17-14(21)7-13(20)8-15(17)22/h7-8,11-12,16H,3-6,9-10H2,1-2H3/t11?,12-,16+/m1/s1. The highest BCUT2D eigenvalue weighted by molar-refractivity contribution is 5.95. The van der Waals surface area contributed by atoms with Gasteiger partial charge in [0.05, 0.1) is 6.04 Å². The second kappa shape index (κ2) is 7.29. The fourth-order valence-corrected chi connectivity index (χ4v) is 4.15. The van der Waals surface area contributed by atoms with E-state index in [-0.39, 0.29) is 30.3 Å². The van der Waals surface area contributed by atoms with Gasteiger partial charge < -0.3 is 9.80 Å². The Hall–Kier alpha value is -2.05. The summed E-state index contributed by atoms with van der Waals surface area (Å²) in [6, 6.07) is 0.905. The van der Waals surface area contributed by atoms with Crippen LogP contribution in [0, 0.1) is 29.3 Å². The molecule has 26 heavy (non-hydrogen) atoms. The second-order valence-electron chi connectivity index (χ2n) is 7.29. The monoisotopic (exact) mass is 368 g/mol. The van der Waals surface area contributed by atoms with Gasteiger partial charge in [-0.2, -0.15) is 0 Å². The van der Waals surface area contributed by atoms with Crippen molar-refractivity contribution in [2.24, 2.45) is 11.8 Å². The first kappa shape index (κ1) is 18.7. The van der Waals surface area contributed by atoms with Crippen molar-refractivity contribution in [1.29, 1.82) is 0 Å². The molecule has 3 rings (SSSR count). The number of hydrogen-bond donors (Lipinski definition) is 0. The van der Waals surface area contributed by atoms with Gasteiger partial charge in [0.1, 0.15) is 23.0 Å². The lowest BCUT2D eigenvalue weighted by atomic mass is 10.0. The number of benzene rings is 1. The molecule has 142 valence electrons. The Morgan fingerprint density at radius 1 is 1.19 bits per heavy atom. The Morgan fingerprint density at radius 2 is 1.85 bits per heavy atom. The Morgan fingerprint density at radius 3 is 2.46 bits per heavy atom. The van der Waals surface area contributed by atoms with Crippen LogP contribution >= 0.6 is 0 Å². The Bertz CT molecular complexity index is 702. The van der Waals surface area contributed by atoms with Gasteiger partial charge in [-0.25, -0.2) is 13.2 Å². The van der Waals surface area contributed by atoms with Crippen LogP contribution in [0.3, 0.4) is 0 Å². The number of carbonyl (C=O) groups is 2. The molecule has 1 aromatic rings. The molecule has 1 aromatic carbocycles. The van der Waals surface area contributed by atoms with Crippen molar-refractivity contribution in [1.82, 2.24) is 9.80 Å². The summed E-state index contributed by atoms with van der Waals surface area (Å²) in [5.74, 6) is -4.13. The molecule has 4 nitrogen and oxygen atoms in total. The van der Waals surface area contributed by atoms with E-state index in [1.54, 1.807) is 0 Å². The topological polar surface area (TPSA) is 40.6 Å². The molecule has 0 aromatic heterocycles. The van der Waals surface area contributed by atoms with Gasteiger partial charge in [-0.15, -0.1) is 0 Å². The van der Waals surface area contributed by atoms with E-state index in [4.69, 9.17) is 0 Å². The smallest absolute Gasteiger partial charge is 0.259 e. The Balaban J connectivity index is 1.74. The first-order valence-corrected chi connectivity index (χ1v) is 9.07. The molecular formula is C19H23F3N2O2. The zero-order valence-corrected chi connectivity index (χ0v) is 15.0. The highest BCUT2D eigenvalue weighted by Gasteiger charge is 2.45. The second-order valence-corrected chi connectivity index (χ2v) is 7.29. The molecule has 2 fully saturated rings. The summed E-state index contributed by atoms with van der Waals surface area (Å²) in [5, 5.41) is 0. The lowest BCUT2D eigenvalue weighted by Gasteiger charge is -2.27. The van der Waals surface area contributed by atoms with E-state index >= 15 is 0 Å². The molecular weight excluding hydrogens is 345 g/mol. The molecule has 0 radical (unpaired) electrons. The fraction of sp³-hybridized carbons (Fsp3) is 0.579. The molecule has 0 saturated carbocycles. The minimum absolute atomic E-state index is 0.0736. The third-order valence-electron chi connectivity index (χ3n) is 5.48. The van der Waals surface area contributed by atoms with Crippen LogP contribution < -0.4 is 0 Å². The van der Waals surface area contributed by atoms with Crippen molar-refractivity contribution in [2.75, 3.05) is 19.6 Å². The number of amides is 2. The molecule has 0 bridgehead atoms. The predicted molar refractivity (Wildman–Crippen MR) is 89.9 cm³/mol. The molecule has 2 aliphatic heterocycles. The lowest BCUT2D eigenvalue weighted by molar-refractivity contribution is -0.136. The van der Waals surface area contributed by atoms with E-state index in [1.165, 1.54) is 4.90 Å². The Kier molecular flexibility index (Phi) is 5.25. The summed E-state index contributed by atoms with van der Waals surface area (Å²) in [6.45, 7) is 5.19. The summed E-state index contributed by atoms with van der Waals surface area (Å²) in [4.78, 5) is 28.4. The van der Waals surface area contributed by atoms with E-state index in [1.807, 2.05) is 18.7 Å². The summed E-state index contributed by atoms with van der Waals surface area (Å²) in [6.07, 6.45) is 2.50. The highest BCUT2D eigenvalue weighted by Crippen LogP contribution is 2.34. The fourth-order valence-electron chi connectivity index (χ4n) is 4.15. The number of nitrogens with zero attached hydrogens (tertiary/aromatic N) is 2. The van der Waals surface area contributed by atoms with Gasteiger partial charge in [0.25, 0.3) is 5.91 Å². The van der Waals surface area contributed by atoms with Gasteiger partial charge >= 0.3 is 0 Å². The molecule has 3 atom stereocenters. The molecule has 2 aliphatic rings. The average Bonchev–Trinajstić information content (AvgIpc) is 3.13. The molecule has 0 spiro atoms. The molecule has 1 unspecified atom stereocenters. The predicted octanol–water partition coefficient (Wildman–Crippen LogP) is 3.21. The molecule has 2 amide bonds. The van der Waals surface area contributed by atoms with Gasteiger partial charge in [0.15, 0.2) is 0 Å². The molecule has 7 heteroatoms. The first-order valence-electron chi connectivity index (χ1n) is 9.07. The van der Waals surface area contributed by atoms with Crippen LogP contribution in [0.2, 0.25) is 0 Å². The normalized spacial score (nSPS) is 23.3. The number of carbonyl (C=O) groups excluding carboxylic acids is 2. The zero-order chi connectivity index (χ0) is 19.0. The van der Waals surface area contributed by atoms with E-state index < -0.39 is 28.9 Å². The summed E-state index contributed by atoms with van der Waals surface area (Å²) in [5.41, 5.74) is -0.733. The van der Waals surface area contributed by atoms with Gasteiger partial charge in [-0.1, -0.05) is 20.3 Å². The quantitative estimate of drug-likeness (QED) is 0.819. The van der Waals surface area contributed by atoms with Crippen molar-refractivity contribution < 1.29 is 22.8 Å². The van der Waals surface area contributed by atoms with Crippen molar-refractivity contribution in [3.8, 4) is 0 Å². The van der Waals surface area contributed by atoms with Crippen LogP contribution in [-0.4, -0.2) is 47.3 Å².